The van der Waals surface area contributed by atoms with E-state index >= 15 is 0 Å². The van der Waals surface area contributed by atoms with E-state index < -0.39 is 0 Å². The summed E-state index contributed by atoms with van der Waals surface area (Å²) < 4.78 is 0. The minimum absolute atomic E-state index is 0.228. The van der Waals surface area contributed by atoms with Crippen molar-refractivity contribution in [3.05, 3.63) is 91.9 Å². The maximum absolute atomic E-state index is 11.6. The van der Waals surface area contributed by atoms with E-state index in [4.69, 9.17) is 0 Å². The van der Waals surface area contributed by atoms with Crippen LogP contribution in [-0.2, 0) is 4.79 Å². The second-order valence-electron chi connectivity index (χ2n) is 6.11. The summed E-state index contributed by atoms with van der Waals surface area (Å²) in [5.41, 5.74) is 5.86. The summed E-state index contributed by atoms with van der Waals surface area (Å²) in [6, 6.07) is 19.9. The van der Waals surface area contributed by atoms with Gasteiger partial charge in [-0.15, -0.1) is 0 Å². The summed E-state index contributed by atoms with van der Waals surface area (Å²) in [6.45, 7) is 7.49. The first-order valence-corrected chi connectivity index (χ1v) is 9.57. The van der Waals surface area contributed by atoms with Gasteiger partial charge < -0.3 is 5.32 Å². The number of pyridine rings is 2. The minimum Gasteiger partial charge on any atom is -0.323 e. The highest BCUT2D eigenvalue weighted by molar-refractivity contribution is 6.00. The number of rotatable bonds is 4. The van der Waals surface area contributed by atoms with Crippen LogP contribution in [0.25, 0.3) is 33.2 Å². The predicted octanol–water partition coefficient (Wildman–Crippen LogP) is 6.11. The SMILES string of the molecule is C=CC(=O)Nc1cccc(-c2ccc3nccc(-c4cccnc4)c3c2)c1.CC. The zero-order valence-electron chi connectivity index (χ0n) is 16.6. The van der Waals surface area contributed by atoms with Gasteiger partial charge in [0.15, 0.2) is 0 Å². The molecule has 0 fully saturated rings. The number of hydrogen-bond donors (Lipinski definition) is 1. The molecule has 0 bridgehead atoms. The third-order valence-corrected chi connectivity index (χ3v) is 4.36. The van der Waals surface area contributed by atoms with E-state index in [0.717, 1.165) is 38.8 Å². The van der Waals surface area contributed by atoms with Crippen molar-refractivity contribution in [2.75, 3.05) is 5.32 Å². The van der Waals surface area contributed by atoms with Crippen LogP contribution in [0.2, 0.25) is 0 Å². The molecule has 0 spiro atoms. The molecule has 1 amide bonds. The van der Waals surface area contributed by atoms with Gasteiger partial charge in [-0.3, -0.25) is 14.8 Å². The Morgan fingerprint density at radius 1 is 0.931 bits per heavy atom. The topological polar surface area (TPSA) is 54.9 Å². The molecule has 0 saturated carbocycles. The summed E-state index contributed by atoms with van der Waals surface area (Å²) >= 11 is 0. The number of nitrogens with zero attached hydrogens (tertiary/aromatic N) is 2. The molecule has 4 nitrogen and oxygen atoms in total. The number of anilines is 1. The number of carbonyl (C=O) groups excluding carboxylic acids is 1. The summed E-state index contributed by atoms with van der Waals surface area (Å²) in [5, 5.41) is 3.86. The van der Waals surface area contributed by atoms with Crippen molar-refractivity contribution in [2.24, 2.45) is 0 Å². The van der Waals surface area contributed by atoms with Gasteiger partial charge in [0, 0.05) is 35.2 Å². The molecule has 144 valence electrons. The van der Waals surface area contributed by atoms with E-state index in [1.807, 2.05) is 80.8 Å². The molecular formula is C25H23N3O. The molecule has 1 N–H and O–H groups in total. The van der Waals surface area contributed by atoms with Crippen LogP contribution in [0.5, 0.6) is 0 Å². The lowest BCUT2D eigenvalue weighted by molar-refractivity contribution is -0.111. The van der Waals surface area contributed by atoms with Crippen molar-refractivity contribution < 1.29 is 4.79 Å². The van der Waals surface area contributed by atoms with Gasteiger partial charge in [-0.25, -0.2) is 0 Å². The van der Waals surface area contributed by atoms with Crippen molar-refractivity contribution in [3.63, 3.8) is 0 Å². The minimum atomic E-state index is -0.228. The quantitative estimate of drug-likeness (QED) is 0.434. The molecule has 4 aromatic rings. The monoisotopic (exact) mass is 381 g/mol. The highest BCUT2D eigenvalue weighted by atomic mass is 16.1. The fourth-order valence-electron chi connectivity index (χ4n) is 3.07. The van der Waals surface area contributed by atoms with Crippen LogP contribution in [-0.4, -0.2) is 15.9 Å². The number of fused-ring (bicyclic) bond motifs is 1. The van der Waals surface area contributed by atoms with Crippen LogP contribution >= 0.6 is 0 Å². The highest BCUT2D eigenvalue weighted by Gasteiger charge is 2.08. The van der Waals surface area contributed by atoms with Crippen LogP contribution in [0.1, 0.15) is 13.8 Å². The standard InChI is InChI=1S/C23H17N3O.C2H6/c1-2-23(27)26-19-7-3-5-16(13-19)17-8-9-22-21(14-17)20(10-12-25-22)18-6-4-11-24-15-18;1-2/h2-15H,1H2,(H,26,27);1-2H3. The first kappa shape index (κ1) is 20.0. The lowest BCUT2D eigenvalue weighted by atomic mass is 9.98. The summed E-state index contributed by atoms with van der Waals surface area (Å²) in [6.07, 6.45) is 6.69. The molecule has 0 radical (unpaired) electrons. The number of benzene rings is 2. The maximum Gasteiger partial charge on any atom is 0.247 e. The van der Waals surface area contributed by atoms with Crippen molar-refractivity contribution in [1.82, 2.24) is 9.97 Å². The average molecular weight is 381 g/mol. The van der Waals surface area contributed by atoms with Gasteiger partial charge in [-0.1, -0.05) is 44.7 Å². The van der Waals surface area contributed by atoms with Gasteiger partial charge >= 0.3 is 0 Å². The molecule has 29 heavy (non-hydrogen) atoms. The molecule has 0 aliphatic rings. The first-order valence-electron chi connectivity index (χ1n) is 9.57. The number of hydrogen-bond acceptors (Lipinski definition) is 3. The Kier molecular flexibility index (Phi) is 6.48. The Morgan fingerprint density at radius 2 is 1.72 bits per heavy atom. The van der Waals surface area contributed by atoms with E-state index in [0.29, 0.717) is 0 Å². The predicted molar refractivity (Wildman–Crippen MR) is 121 cm³/mol. The van der Waals surface area contributed by atoms with Crippen molar-refractivity contribution in [2.45, 2.75) is 13.8 Å². The number of amides is 1. The fraction of sp³-hybridized carbons (Fsp3) is 0.0800. The molecule has 0 aliphatic heterocycles. The number of aromatic nitrogens is 2. The van der Waals surface area contributed by atoms with Gasteiger partial charge in [0.1, 0.15) is 0 Å². The Labute approximate surface area is 171 Å². The van der Waals surface area contributed by atoms with Crippen LogP contribution in [0, 0.1) is 0 Å². The first-order chi connectivity index (χ1) is 14.2. The van der Waals surface area contributed by atoms with E-state index in [9.17, 15) is 4.79 Å². The molecule has 0 aliphatic carbocycles. The summed E-state index contributed by atoms with van der Waals surface area (Å²) in [4.78, 5) is 20.3. The lowest BCUT2D eigenvalue weighted by Gasteiger charge is -2.10. The molecule has 4 heteroatoms. The maximum atomic E-state index is 11.6. The van der Waals surface area contributed by atoms with Crippen LogP contribution < -0.4 is 5.32 Å². The zero-order valence-corrected chi connectivity index (χ0v) is 16.6. The fourth-order valence-corrected chi connectivity index (χ4v) is 3.07. The van der Waals surface area contributed by atoms with Gasteiger partial charge in [0.25, 0.3) is 0 Å². The molecule has 0 atom stereocenters. The molecule has 2 aromatic carbocycles. The lowest BCUT2D eigenvalue weighted by Crippen LogP contribution is -2.06. The van der Waals surface area contributed by atoms with Crippen LogP contribution in [0.3, 0.4) is 0 Å². The van der Waals surface area contributed by atoms with Gasteiger partial charge in [0.2, 0.25) is 5.91 Å². The third kappa shape index (κ3) is 4.55. The van der Waals surface area contributed by atoms with E-state index in [1.54, 1.807) is 6.20 Å². The average Bonchev–Trinajstić information content (AvgIpc) is 2.80. The van der Waals surface area contributed by atoms with E-state index in [2.05, 4.69) is 27.9 Å². The Balaban J connectivity index is 0.00000117. The summed E-state index contributed by atoms with van der Waals surface area (Å²) in [7, 11) is 0. The Hall–Kier alpha value is -3.79. The van der Waals surface area contributed by atoms with Crippen molar-refractivity contribution >= 4 is 22.5 Å². The number of nitrogens with one attached hydrogen (secondary N) is 1. The van der Waals surface area contributed by atoms with Crippen molar-refractivity contribution in [1.29, 1.82) is 0 Å². The molecule has 2 aromatic heterocycles. The molecule has 0 unspecified atom stereocenters. The van der Waals surface area contributed by atoms with Gasteiger partial charge in [0.05, 0.1) is 5.52 Å². The Morgan fingerprint density at radius 3 is 2.48 bits per heavy atom. The third-order valence-electron chi connectivity index (χ3n) is 4.36. The van der Waals surface area contributed by atoms with Gasteiger partial charge in [-0.2, -0.15) is 0 Å². The Bertz CT molecular complexity index is 1140. The van der Waals surface area contributed by atoms with Gasteiger partial charge in [-0.05, 0) is 59.2 Å². The second-order valence-corrected chi connectivity index (χ2v) is 6.11. The molecule has 2 heterocycles. The summed E-state index contributed by atoms with van der Waals surface area (Å²) in [5.74, 6) is -0.228. The second kappa shape index (κ2) is 9.42. The zero-order chi connectivity index (χ0) is 20.6. The number of carbonyl (C=O) groups is 1. The smallest absolute Gasteiger partial charge is 0.247 e. The van der Waals surface area contributed by atoms with Crippen LogP contribution in [0.4, 0.5) is 5.69 Å². The molecular weight excluding hydrogens is 358 g/mol. The van der Waals surface area contributed by atoms with E-state index in [-0.39, 0.29) is 5.91 Å². The largest absolute Gasteiger partial charge is 0.323 e. The van der Waals surface area contributed by atoms with Crippen molar-refractivity contribution in [3.8, 4) is 22.3 Å². The molecule has 0 saturated heterocycles. The molecule has 4 rings (SSSR count). The van der Waals surface area contributed by atoms with E-state index in [1.165, 1.54) is 6.08 Å². The normalized spacial score (nSPS) is 10.0. The highest BCUT2D eigenvalue weighted by Crippen LogP contribution is 2.31. The van der Waals surface area contributed by atoms with Crippen LogP contribution in [0.15, 0.2) is 91.9 Å².